The van der Waals surface area contributed by atoms with Crippen LogP contribution < -0.4 is 0 Å². The first-order valence-corrected chi connectivity index (χ1v) is 6.46. The monoisotopic (exact) mass is 343 g/mol. The second kappa shape index (κ2) is 4.67. The van der Waals surface area contributed by atoms with Crippen LogP contribution in [0.2, 0.25) is 0 Å². The maximum absolute atomic E-state index is 4.24. The van der Waals surface area contributed by atoms with Crippen molar-refractivity contribution >= 4 is 31.9 Å². The summed E-state index contributed by atoms with van der Waals surface area (Å²) >= 11 is 6.62. The highest BCUT2D eigenvalue weighted by Crippen LogP contribution is 2.15. The van der Waals surface area contributed by atoms with Gasteiger partial charge in [-0.15, -0.1) is 5.10 Å². The second-order valence-corrected chi connectivity index (χ2v) is 5.22. The van der Waals surface area contributed by atoms with Crippen LogP contribution in [-0.4, -0.2) is 14.8 Å². The number of benzene rings is 1. The summed E-state index contributed by atoms with van der Waals surface area (Å²) in [6, 6.07) is 6.49. The molecule has 16 heavy (non-hydrogen) atoms. The van der Waals surface area contributed by atoms with E-state index in [2.05, 4.69) is 74.0 Å². The fourth-order valence-corrected chi connectivity index (χ4v) is 2.70. The summed E-state index contributed by atoms with van der Waals surface area (Å²) in [5.41, 5.74) is 3.77. The molecule has 0 fully saturated rings. The Bertz CT molecular complexity index is 500. The summed E-state index contributed by atoms with van der Waals surface area (Å²) in [5.74, 6) is 0. The molecule has 1 heterocycles. The first-order chi connectivity index (χ1) is 7.54. The van der Waals surface area contributed by atoms with Crippen LogP contribution in [0, 0.1) is 13.8 Å². The Kier molecular flexibility index (Phi) is 3.44. The SMILES string of the molecule is Cc1cc(C)cc(Cn2nc(Br)nc2Br)c1. The van der Waals surface area contributed by atoms with Gasteiger partial charge in [-0.1, -0.05) is 29.3 Å². The van der Waals surface area contributed by atoms with E-state index in [1.54, 1.807) is 0 Å². The van der Waals surface area contributed by atoms with Crippen molar-refractivity contribution in [1.82, 2.24) is 14.8 Å². The molecule has 1 aromatic heterocycles. The van der Waals surface area contributed by atoms with Gasteiger partial charge in [-0.25, -0.2) is 4.68 Å². The lowest BCUT2D eigenvalue weighted by Gasteiger charge is -2.05. The van der Waals surface area contributed by atoms with Crippen molar-refractivity contribution in [2.45, 2.75) is 20.4 Å². The van der Waals surface area contributed by atoms with Gasteiger partial charge in [-0.2, -0.15) is 4.98 Å². The first-order valence-electron chi connectivity index (χ1n) is 4.87. The second-order valence-electron chi connectivity index (χ2n) is 3.80. The van der Waals surface area contributed by atoms with E-state index >= 15 is 0 Å². The maximum Gasteiger partial charge on any atom is 0.218 e. The number of aryl methyl sites for hydroxylation is 2. The van der Waals surface area contributed by atoms with Gasteiger partial charge in [-0.3, -0.25) is 0 Å². The normalized spacial score (nSPS) is 10.8. The number of rotatable bonds is 2. The molecule has 0 unspecified atom stereocenters. The van der Waals surface area contributed by atoms with Crippen LogP contribution in [0.3, 0.4) is 0 Å². The zero-order valence-electron chi connectivity index (χ0n) is 9.04. The average molecular weight is 345 g/mol. The summed E-state index contributed by atoms with van der Waals surface area (Å²) < 4.78 is 3.15. The molecule has 0 aliphatic heterocycles. The largest absolute Gasteiger partial charge is 0.235 e. The van der Waals surface area contributed by atoms with E-state index in [0.29, 0.717) is 4.73 Å². The van der Waals surface area contributed by atoms with Crippen molar-refractivity contribution in [3.63, 3.8) is 0 Å². The Labute approximate surface area is 111 Å². The molecule has 0 bridgehead atoms. The molecular formula is C11H11Br2N3. The summed E-state index contributed by atoms with van der Waals surface area (Å²) in [4.78, 5) is 4.14. The molecule has 0 saturated carbocycles. The van der Waals surface area contributed by atoms with Crippen LogP contribution in [0.5, 0.6) is 0 Å². The molecule has 0 amide bonds. The van der Waals surface area contributed by atoms with Crippen molar-refractivity contribution in [1.29, 1.82) is 0 Å². The third-order valence-corrected chi connectivity index (χ3v) is 3.14. The van der Waals surface area contributed by atoms with E-state index in [1.165, 1.54) is 16.7 Å². The summed E-state index contributed by atoms with van der Waals surface area (Å²) in [7, 11) is 0. The molecule has 1 aromatic carbocycles. The first kappa shape index (κ1) is 11.8. The predicted molar refractivity (Wildman–Crippen MR) is 70.4 cm³/mol. The molecule has 0 aliphatic rings. The van der Waals surface area contributed by atoms with Gasteiger partial charge in [0.25, 0.3) is 0 Å². The number of hydrogen-bond donors (Lipinski definition) is 0. The minimum Gasteiger partial charge on any atom is -0.235 e. The van der Waals surface area contributed by atoms with Crippen molar-refractivity contribution in [2.24, 2.45) is 0 Å². The molecule has 0 atom stereocenters. The Morgan fingerprint density at radius 2 is 1.75 bits per heavy atom. The number of nitrogens with zero attached hydrogens (tertiary/aromatic N) is 3. The van der Waals surface area contributed by atoms with E-state index in [0.717, 1.165) is 11.3 Å². The van der Waals surface area contributed by atoms with E-state index in [-0.39, 0.29) is 0 Å². The number of halogens is 2. The van der Waals surface area contributed by atoms with Gasteiger partial charge in [0.1, 0.15) is 0 Å². The molecule has 0 radical (unpaired) electrons. The zero-order chi connectivity index (χ0) is 11.7. The average Bonchev–Trinajstić information content (AvgIpc) is 2.43. The van der Waals surface area contributed by atoms with Gasteiger partial charge < -0.3 is 0 Å². The van der Waals surface area contributed by atoms with Crippen LogP contribution >= 0.6 is 31.9 Å². The fraction of sp³-hybridized carbons (Fsp3) is 0.273. The van der Waals surface area contributed by atoms with E-state index < -0.39 is 0 Å². The molecule has 0 N–H and O–H groups in total. The lowest BCUT2D eigenvalue weighted by molar-refractivity contribution is 0.664. The lowest BCUT2D eigenvalue weighted by atomic mass is 10.1. The van der Waals surface area contributed by atoms with Gasteiger partial charge in [-0.05, 0) is 51.3 Å². The molecular weight excluding hydrogens is 334 g/mol. The Balaban J connectivity index is 2.30. The van der Waals surface area contributed by atoms with Crippen molar-refractivity contribution in [2.75, 3.05) is 0 Å². The highest BCUT2D eigenvalue weighted by Gasteiger charge is 2.06. The summed E-state index contributed by atoms with van der Waals surface area (Å²) in [6.07, 6.45) is 0. The highest BCUT2D eigenvalue weighted by atomic mass is 79.9. The molecule has 3 nitrogen and oxygen atoms in total. The standard InChI is InChI=1S/C11H11Br2N3/c1-7-3-8(2)5-9(4-7)6-16-11(13)14-10(12)15-16/h3-5H,6H2,1-2H3. The van der Waals surface area contributed by atoms with E-state index in [4.69, 9.17) is 0 Å². The maximum atomic E-state index is 4.24. The quantitative estimate of drug-likeness (QED) is 0.835. The topological polar surface area (TPSA) is 30.7 Å². The Morgan fingerprint density at radius 1 is 1.12 bits per heavy atom. The van der Waals surface area contributed by atoms with Gasteiger partial charge in [0.05, 0.1) is 6.54 Å². The lowest BCUT2D eigenvalue weighted by Crippen LogP contribution is -2.02. The van der Waals surface area contributed by atoms with Gasteiger partial charge in [0.2, 0.25) is 4.73 Å². The smallest absolute Gasteiger partial charge is 0.218 e. The summed E-state index contributed by atoms with van der Waals surface area (Å²) in [6.45, 7) is 4.92. The Hall–Kier alpha value is -0.680. The van der Waals surface area contributed by atoms with E-state index in [1.807, 2.05) is 4.68 Å². The fourth-order valence-electron chi connectivity index (χ4n) is 1.73. The van der Waals surface area contributed by atoms with Crippen LogP contribution in [0.25, 0.3) is 0 Å². The number of hydrogen-bond acceptors (Lipinski definition) is 2. The molecule has 0 spiro atoms. The minimum atomic E-state index is 0.601. The van der Waals surface area contributed by atoms with Crippen LogP contribution in [0.4, 0.5) is 0 Å². The van der Waals surface area contributed by atoms with E-state index in [9.17, 15) is 0 Å². The van der Waals surface area contributed by atoms with Gasteiger partial charge in [0.15, 0.2) is 4.73 Å². The van der Waals surface area contributed by atoms with Gasteiger partial charge >= 0.3 is 0 Å². The minimum absolute atomic E-state index is 0.601. The third kappa shape index (κ3) is 2.71. The predicted octanol–water partition coefficient (Wildman–Crippen LogP) is 3.47. The van der Waals surface area contributed by atoms with Crippen molar-refractivity contribution in [3.8, 4) is 0 Å². The third-order valence-electron chi connectivity index (χ3n) is 2.21. The van der Waals surface area contributed by atoms with Crippen molar-refractivity contribution < 1.29 is 0 Å². The Morgan fingerprint density at radius 3 is 2.25 bits per heavy atom. The van der Waals surface area contributed by atoms with Crippen LogP contribution in [0.15, 0.2) is 27.7 Å². The van der Waals surface area contributed by atoms with Gasteiger partial charge in [0, 0.05) is 0 Å². The number of aromatic nitrogens is 3. The zero-order valence-corrected chi connectivity index (χ0v) is 12.2. The van der Waals surface area contributed by atoms with Crippen LogP contribution in [-0.2, 0) is 6.54 Å². The molecule has 2 rings (SSSR count). The molecule has 5 heteroatoms. The molecule has 2 aromatic rings. The van der Waals surface area contributed by atoms with Crippen molar-refractivity contribution in [3.05, 3.63) is 44.4 Å². The molecule has 84 valence electrons. The molecule has 0 saturated heterocycles. The van der Waals surface area contributed by atoms with Crippen LogP contribution in [0.1, 0.15) is 16.7 Å². The highest BCUT2D eigenvalue weighted by molar-refractivity contribution is 9.11. The summed E-state index contributed by atoms with van der Waals surface area (Å²) in [5, 5.41) is 4.24. The molecule has 0 aliphatic carbocycles.